The Morgan fingerprint density at radius 3 is 2.62 bits per heavy atom. The third-order valence-electron chi connectivity index (χ3n) is 3.11. The van der Waals surface area contributed by atoms with Crippen LogP contribution in [0.3, 0.4) is 0 Å². The minimum atomic E-state index is -0.670. The van der Waals surface area contributed by atoms with E-state index in [1.165, 1.54) is 6.07 Å². The number of rotatable bonds is 4. The summed E-state index contributed by atoms with van der Waals surface area (Å²) < 4.78 is 19.0. The quantitative estimate of drug-likeness (QED) is 0.927. The van der Waals surface area contributed by atoms with Crippen LogP contribution >= 0.6 is 0 Å². The summed E-state index contributed by atoms with van der Waals surface area (Å²) in [7, 11) is 0. The molecule has 0 aromatic heterocycles. The first-order chi connectivity index (χ1) is 9.95. The molecular formula is C17H18FNO2. The molecule has 2 aromatic rings. The van der Waals surface area contributed by atoms with Gasteiger partial charge in [-0.2, -0.15) is 0 Å². The van der Waals surface area contributed by atoms with Gasteiger partial charge in [0.25, 0.3) is 5.91 Å². The Bertz CT molecular complexity index is 655. The average molecular weight is 287 g/mol. The molecule has 0 fully saturated rings. The van der Waals surface area contributed by atoms with Gasteiger partial charge in [-0.15, -0.1) is 0 Å². The van der Waals surface area contributed by atoms with Crippen molar-refractivity contribution in [2.75, 3.05) is 5.32 Å². The van der Waals surface area contributed by atoms with Crippen LogP contribution in [0.4, 0.5) is 10.1 Å². The largest absolute Gasteiger partial charge is 0.481 e. The SMILES string of the molecule is Cc1cccc(OC(C)C(=O)Nc2ccc(C)c(F)c2)c1. The van der Waals surface area contributed by atoms with Crippen molar-refractivity contribution in [2.24, 2.45) is 0 Å². The van der Waals surface area contributed by atoms with E-state index in [0.29, 0.717) is 17.0 Å². The van der Waals surface area contributed by atoms with E-state index >= 15 is 0 Å². The Balaban J connectivity index is 2.00. The fraction of sp³-hybridized carbons (Fsp3) is 0.235. The van der Waals surface area contributed by atoms with Crippen molar-refractivity contribution in [3.05, 3.63) is 59.4 Å². The van der Waals surface area contributed by atoms with Crippen LogP contribution in [-0.2, 0) is 4.79 Å². The van der Waals surface area contributed by atoms with Crippen molar-refractivity contribution in [3.8, 4) is 5.75 Å². The Morgan fingerprint density at radius 2 is 1.95 bits per heavy atom. The van der Waals surface area contributed by atoms with Gasteiger partial charge in [-0.05, 0) is 56.2 Å². The molecule has 2 aromatic carbocycles. The van der Waals surface area contributed by atoms with Crippen molar-refractivity contribution in [2.45, 2.75) is 26.9 Å². The first-order valence-electron chi connectivity index (χ1n) is 6.76. The van der Waals surface area contributed by atoms with E-state index in [1.54, 1.807) is 32.0 Å². The van der Waals surface area contributed by atoms with Gasteiger partial charge >= 0.3 is 0 Å². The number of halogens is 1. The second-order valence-corrected chi connectivity index (χ2v) is 5.03. The topological polar surface area (TPSA) is 38.3 Å². The van der Waals surface area contributed by atoms with E-state index in [-0.39, 0.29) is 11.7 Å². The summed E-state index contributed by atoms with van der Waals surface area (Å²) in [4.78, 5) is 12.0. The van der Waals surface area contributed by atoms with E-state index in [2.05, 4.69) is 5.32 Å². The van der Waals surface area contributed by atoms with E-state index in [9.17, 15) is 9.18 Å². The molecule has 0 aliphatic heterocycles. The molecule has 4 heteroatoms. The van der Waals surface area contributed by atoms with Crippen molar-refractivity contribution in [1.29, 1.82) is 0 Å². The van der Waals surface area contributed by atoms with E-state index in [4.69, 9.17) is 4.74 Å². The molecule has 0 radical (unpaired) electrons. The number of nitrogens with one attached hydrogen (secondary N) is 1. The van der Waals surface area contributed by atoms with Crippen LogP contribution in [0.5, 0.6) is 5.75 Å². The zero-order valence-corrected chi connectivity index (χ0v) is 12.3. The summed E-state index contributed by atoms with van der Waals surface area (Å²) >= 11 is 0. The third-order valence-corrected chi connectivity index (χ3v) is 3.11. The number of carbonyl (C=O) groups is 1. The lowest BCUT2D eigenvalue weighted by atomic mass is 10.2. The number of aryl methyl sites for hydroxylation is 2. The molecule has 2 rings (SSSR count). The highest BCUT2D eigenvalue weighted by molar-refractivity contribution is 5.94. The van der Waals surface area contributed by atoms with E-state index < -0.39 is 6.10 Å². The summed E-state index contributed by atoms with van der Waals surface area (Å²) in [5.74, 6) is -0.0347. The number of hydrogen-bond acceptors (Lipinski definition) is 2. The van der Waals surface area contributed by atoms with Crippen LogP contribution in [0.1, 0.15) is 18.1 Å². The molecule has 0 aliphatic rings. The minimum Gasteiger partial charge on any atom is -0.481 e. The number of benzene rings is 2. The monoisotopic (exact) mass is 287 g/mol. The van der Waals surface area contributed by atoms with Crippen molar-refractivity contribution in [3.63, 3.8) is 0 Å². The number of carbonyl (C=O) groups excluding carboxylic acids is 1. The fourth-order valence-corrected chi connectivity index (χ4v) is 1.86. The summed E-state index contributed by atoms with van der Waals surface area (Å²) in [6, 6.07) is 12.0. The highest BCUT2D eigenvalue weighted by Gasteiger charge is 2.15. The summed E-state index contributed by atoms with van der Waals surface area (Å²) in [5.41, 5.74) is 2.01. The zero-order valence-electron chi connectivity index (χ0n) is 12.3. The van der Waals surface area contributed by atoms with Crippen molar-refractivity contribution in [1.82, 2.24) is 0 Å². The Morgan fingerprint density at radius 1 is 1.19 bits per heavy atom. The number of hydrogen-bond donors (Lipinski definition) is 1. The third kappa shape index (κ3) is 4.05. The summed E-state index contributed by atoms with van der Waals surface area (Å²) in [6.07, 6.45) is -0.670. The summed E-state index contributed by atoms with van der Waals surface area (Å²) in [6.45, 7) is 5.28. The van der Waals surface area contributed by atoms with Crippen LogP contribution in [0.15, 0.2) is 42.5 Å². The first-order valence-corrected chi connectivity index (χ1v) is 6.76. The highest BCUT2D eigenvalue weighted by atomic mass is 19.1. The van der Waals surface area contributed by atoms with E-state index in [1.807, 2.05) is 25.1 Å². The highest BCUT2D eigenvalue weighted by Crippen LogP contribution is 2.16. The van der Waals surface area contributed by atoms with Gasteiger partial charge in [-0.25, -0.2) is 4.39 Å². The summed E-state index contributed by atoms with van der Waals surface area (Å²) in [5, 5.41) is 2.64. The van der Waals surface area contributed by atoms with Crippen molar-refractivity contribution < 1.29 is 13.9 Å². The number of amides is 1. The maximum absolute atomic E-state index is 13.4. The Labute approximate surface area is 123 Å². The molecule has 0 heterocycles. The fourth-order valence-electron chi connectivity index (χ4n) is 1.86. The van der Waals surface area contributed by atoms with Crippen LogP contribution in [-0.4, -0.2) is 12.0 Å². The van der Waals surface area contributed by atoms with Gasteiger partial charge < -0.3 is 10.1 Å². The van der Waals surface area contributed by atoms with Gasteiger partial charge in [0.05, 0.1) is 0 Å². The molecule has 0 aliphatic carbocycles. The molecule has 1 N–H and O–H groups in total. The van der Waals surface area contributed by atoms with Crippen LogP contribution in [0, 0.1) is 19.7 Å². The second-order valence-electron chi connectivity index (χ2n) is 5.03. The van der Waals surface area contributed by atoms with Gasteiger partial charge in [0.2, 0.25) is 0 Å². The average Bonchev–Trinajstić information content (AvgIpc) is 2.43. The Kier molecular flexibility index (Phi) is 4.58. The second kappa shape index (κ2) is 6.39. The molecule has 110 valence electrons. The number of anilines is 1. The maximum atomic E-state index is 13.4. The molecule has 1 unspecified atom stereocenters. The zero-order chi connectivity index (χ0) is 15.4. The predicted molar refractivity (Wildman–Crippen MR) is 81.0 cm³/mol. The van der Waals surface area contributed by atoms with Gasteiger partial charge in [0.15, 0.2) is 6.10 Å². The molecule has 0 bridgehead atoms. The standard InChI is InChI=1S/C17H18FNO2/c1-11-5-4-6-15(9-11)21-13(3)17(20)19-14-8-7-12(2)16(18)10-14/h4-10,13H,1-3H3,(H,19,20). The van der Waals surface area contributed by atoms with Gasteiger partial charge in [0, 0.05) is 5.69 Å². The maximum Gasteiger partial charge on any atom is 0.265 e. The minimum absolute atomic E-state index is 0.320. The number of ether oxygens (including phenoxy) is 1. The van der Waals surface area contributed by atoms with Gasteiger partial charge in [-0.1, -0.05) is 18.2 Å². The van der Waals surface area contributed by atoms with E-state index in [0.717, 1.165) is 5.56 Å². The molecule has 3 nitrogen and oxygen atoms in total. The lowest BCUT2D eigenvalue weighted by Gasteiger charge is -2.15. The molecule has 1 atom stereocenters. The Hall–Kier alpha value is -2.36. The lowest BCUT2D eigenvalue weighted by molar-refractivity contribution is -0.122. The molecule has 0 spiro atoms. The lowest BCUT2D eigenvalue weighted by Crippen LogP contribution is -2.30. The molecule has 0 saturated carbocycles. The van der Waals surface area contributed by atoms with Crippen LogP contribution in [0.2, 0.25) is 0 Å². The van der Waals surface area contributed by atoms with Crippen molar-refractivity contribution >= 4 is 11.6 Å². The first kappa shape index (κ1) is 15.0. The smallest absolute Gasteiger partial charge is 0.265 e. The normalized spacial score (nSPS) is 11.8. The van der Waals surface area contributed by atoms with Gasteiger partial charge in [0.1, 0.15) is 11.6 Å². The molecular weight excluding hydrogens is 269 g/mol. The predicted octanol–water partition coefficient (Wildman–Crippen LogP) is 3.85. The molecule has 0 saturated heterocycles. The van der Waals surface area contributed by atoms with Crippen LogP contribution < -0.4 is 10.1 Å². The molecule has 1 amide bonds. The van der Waals surface area contributed by atoms with Gasteiger partial charge in [-0.3, -0.25) is 4.79 Å². The van der Waals surface area contributed by atoms with Crippen LogP contribution in [0.25, 0.3) is 0 Å². The molecule has 21 heavy (non-hydrogen) atoms.